The number of halogens is 2. The maximum absolute atomic E-state index is 13.5. The van der Waals surface area contributed by atoms with Crippen molar-refractivity contribution in [2.45, 2.75) is 26.3 Å². The fourth-order valence-corrected chi connectivity index (χ4v) is 2.74. The Morgan fingerprint density at radius 2 is 1.95 bits per heavy atom. The standard InChI is InChI=1S/C17H19BrFNO/c1-3-16(20-4-2)15-7-5-6-8-17(15)21-14-10-12(18)9-13(19)11-14/h5-11,16,20H,3-4H2,1-2H3. The molecule has 1 unspecified atom stereocenters. The van der Waals surface area contributed by atoms with Crippen LogP contribution in [0.25, 0.3) is 0 Å². The van der Waals surface area contributed by atoms with Crippen LogP contribution in [0.15, 0.2) is 46.9 Å². The van der Waals surface area contributed by atoms with Crippen LogP contribution in [0.1, 0.15) is 31.9 Å². The summed E-state index contributed by atoms with van der Waals surface area (Å²) in [5, 5.41) is 3.43. The molecule has 0 aromatic heterocycles. The van der Waals surface area contributed by atoms with Crippen molar-refractivity contribution in [2.24, 2.45) is 0 Å². The largest absolute Gasteiger partial charge is 0.457 e. The van der Waals surface area contributed by atoms with E-state index in [4.69, 9.17) is 4.74 Å². The summed E-state index contributed by atoms with van der Waals surface area (Å²) >= 11 is 3.28. The molecule has 0 spiro atoms. The Morgan fingerprint density at radius 1 is 1.19 bits per heavy atom. The average Bonchev–Trinajstić information content (AvgIpc) is 2.44. The molecule has 0 bridgehead atoms. The van der Waals surface area contributed by atoms with Gasteiger partial charge in [-0.1, -0.05) is 48.0 Å². The average molecular weight is 352 g/mol. The molecule has 2 nitrogen and oxygen atoms in total. The van der Waals surface area contributed by atoms with Gasteiger partial charge in [0.1, 0.15) is 17.3 Å². The molecule has 2 rings (SSSR count). The summed E-state index contributed by atoms with van der Waals surface area (Å²) in [4.78, 5) is 0. The predicted octanol–water partition coefficient (Wildman–Crippen LogP) is 5.44. The first-order valence-corrected chi connectivity index (χ1v) is 7.89. The molecule has 21 heavy (non-hydrogen) atoms. The van der Waals surface area contributed by atoms with Gasteiger partial charge < -0.3 is 10.1 Å². The van der Waals surface area contributed by atoms with Crippen LogP contribution in [0.3, 0.4) is 0 Å². The third-order valence-corrected chi connectivity index (χ3v) is 3.67. The molecule has 0 aliphatic heterocycles. The lowest BCUT2D eigenvalue weighted by Gasteiger charge is -2.20. The van der Waals surface area contributed by atoms with Gasteiger partial charge in [0, 0.05) is 22.1 Å². The molecule has 0 radical (unpaired) electrons. The maximum Gasteiger partial charge on any atom is 0.132 e. The van der Waals surface area contributed by atoms with E-state index in [9.17, 15) is 4.39 Å². The Labute approximate surface area is 133 Å². The van der Waals surface area contributed by atoms with Crippen molar-refractivity contribution in [3.8, 4) is 11.5 Å². The number of ether oxygens (including phenoxy) is 1. The van der Waals surface area contributed by atoms with Crippen molar-refractivity contribution < 1.29 is 9.13 Å². The molecule has 0 aliphatic rings. The SMILES string of the molecule is CCNC(CC)c1ccccc1Oc1cc(F)cc(Br)c1. The summed E-state index contributed by atoms with van der Waals surface area (Å²) in [6.45, 7) is 5.09. The minimum atomic E-state index is -0.324. The van der Waals surface area contributed by atoms with Crippen molar-refractivity contribution in [3.05, 3.63) is 58.3 Å². The van der Waals surface area contributed by atoms with Gasteiger partial charge >= 0.3 is 0 Å². The zero-order valence-corrected chi connectivity index (χ0v) is 13.8. The molecule has 0 fully saturated rings. The highest BCUT2D eigenvalue weighted by atomic mass is 79.9. The van der Waals surface area contributed by atoms with E-state index in [1.54, 1.807) is 6.07 Å². The fourth-order valence-electron chi connectivity index (χ4n) is 2.30. The summed E-state index contributed by atoms with van der Waals surface area (Å²) < 4.78 is 20.0. The summed E-state index contributed by atoms with van der Waals surface area (Å²) in [5.74, 6) is 0.916. The van der Waals surface area contributed by atoms with E-state index in [0.29, 0.717) is 10.2 Å². The molecule has 2 aromatic rings. The summed E-state index contributed by atoms with van der Waals surface area (Å²) in [6, 6.07) is 12.6. The molecule has 0 heterocycles. The smallest absolute Gasteiger partial charge is 0.132 e. The fraction of sp³-hybridized carbons (Fsp3) is 0.294. The van der Waals surface area contributed by atoms with Crippen LogP contribution in [0, 0.1) is 5.82 Å². The van der Waals surface area contributed by atoms with Gasteiger partial charge in [-0.2, -0.15) is 0 Å². The quantitative estimate of drug-likeness (QED) is 0.747. The van der Waals surface area contributed by atoms with E-state index < -0.39 is 0 Å². The summed E-state index contributed by atoms with van der Waals surface area (Å²) in [6.07, 6.45) is 0.959. The van der Waals surface area contributed by atoms with Gasteiger partial charge in [0.25, 0.3) is 0 Å². The summed E-state index contributed by atoms with van der Waals surface area (Å²) in [5.41, 5.74) is 1.09. The molecular formula is C17H19BrFNO. The third kappa shape index (κ3) is 4.29. The number of hydrogen-bond acceptors (Lipinski definition) is 2. The zero-order chi connectivity index (χ0) is 15.2. The van der Waals surface area contributed by atoms with Gasteiger partial charge in [0.15, 0.2) is 0 Å². The number of rotatable bonds is 6. The van der Waals surface area contributed by atoms with Crippen LogP contribution in [0.5, 0.6) is 11.5 Å². The van der Waals surface area contributed by atoms with Crippen LogP contribution in [0.2, 0.25) is 0 Å². The van der Waals surface area contributed by atoms with E-state index in [0.717, 1.165) is 24.3 Å². The first-order chi connectivity index (χ1) is 10.1. The first-order valence-electron chi connectivity index (χ1n) is 7.10. The van der Waals surface area contributed by atoms with Crippen molar-refractivity contribution in [1.29, 1.82) is 0 Å². The van der Waals surface area contributed by atoms with E-state index in [2.05, 4.69) is 35.1 Å². The van der Waals surface area contributed by atoms with Gasteiger partial charge in [-0.25, -0.2) is 4.39 Å². The predicted molar refractivity (Wildman–Crippen MR) is 87.3 cm³/mol. The second-order valence-electron chi connectivity index (χ2n) is 4.76. The Balaban J connectivity index is 2.31. The number of para-hydroxylation sites is 1. The highest BCUT2D eigenvalue weighted by Gasteiger charge is 2.14. The topological polar surface area (TPSA) is 21.3 Å². The van der Waals surface area contributed by atoms with Gasteiger partial charge in [0.2, 0.25) is 0 Å². The molecule has 0 aliphatic carbocycles. The number of benzene rings is 2. The highest BCUT2D eigenvalue weighted by molar-refractivity contribution is 9.10. The van der Waals surface area contributed by atoms with Crippen molar-refractivity contribution in [1.82, 2.24) is 5.32 Å². The lowest BCUT2D eigenvalue weighted by atomic mass is 10.0. The third-order valence-electron chi connectivity index (χ3n) is 3.22. The van der Waals surface area contributed by atoms with Crippen molar-refractivity contribution in [2.75, 3.05) is 6.54 Å². The molecule has 0 saturated heterocycles. The van der Waals surface area contributed by atoms with E-state index in [-0.39, 0.29) is 11.9 Å². The van der Waals surface area contributed by atoms with Crippen LogP contribution >= 0.6 is 15.9 Å². The normalized spacial score (nSPS) is 12.2. The van der Waals surface area contributed by atoms with Gasteiger partial charge in [0.05, 0.1) is 0 Å². The molecule has 4 heteroatoms. The van der Waals surface area contributed by atoms with E-state index in [1.807, 2.05) is 24.3 Å². The first kappa shape index (κ1) is 16.0. The Morgan fingerprint density at radius 3 is 2.62 bits per heavy atom. The minimum Gasteiger partial charge on any atom is -0.457 e. The molecule has 1 atom stereocenters. The van der Waals surface area contributed by atoms with Gasteiger partial charge in [-0.15, -0.1) is 0 Å². The van der Waals surface area contributed by atoms with E-state index >= 15 is 0 Å². The Bertz CT molecular complexity index is 583. The lowest BCUT2D eigenvalue weighted by molar-refractivity contribution is 0.449. The summed E-state index contributed by atoms with van der Waals surface area (Å²) in [7, 11) is 0. The maximum atomic E-state index is 13.5. The highest BCUT2D eigenvalue weighted by Crippen LogP contribution is 2.32. The van der Waals surface area contributed by atoms with Crippen molar-refractivity contribution in [3.63, 3.8) is 0 Å². The lowest BCUT2D eigenvalue weighted by Crippen LogP contribution is -2.20. The van der Waals surface area contributed by atoms with Crippen LogP contribution in [0.4, 0.5) is 4.39 Å². The number of hydrogen-bond donors (Lipinski definition) is 1. The molecule has 0 amide bonds. The minimum absolute atomic E-state index is 0.225. The molecule has 0 saturated carbocycles. The second kappa shape index (κ2) is 7.57. The molecule has 1 N–H and O–H groups in total. The number of nitrogens with one attached hydrogen (secondary N) is 1. The van der Waals surface area contributed by atoms with Crippen LogP contribution in [-0.4, -0.2) is 6.54 Å². The van der Waals surface area contributed by atoms with Crippen LogP contribution < -0.4 is 10.1 Å². The van der Waals surface area contributed by atoms with Crippen LogP contribution in [-0.2, 0) is 0 Å². The second-order valence-corrected chi connectivity index (χ2v) is 5.68. The van der Waals surface area contributed by atoms with Gasteiger partial charge in [-0.05, 0) is 31.2 Å². The molecular weight excluding hydrogens is 333 g/mol. The van der Waals surface area contributed by atoms with E-state index in [1.165, 1.54) is 12.1 Å². The van der Waals surface area contributed by atoms with Crippen molar-refractivity contribution >= 4 is 15.9 Å². The monoisotopic (exact) mass is 351 g/mol. The van der Waals surface area contributed by atoms with Gasteiger partial charge in [-0.3, -0.25) is 0 Å². The molecule has 2 aromatic carbocycles. The zero-order valence-electron chi connectivity index (χ0n) is 12.2. The Kier molecular flexibility index (Phi) is 5.76. The molecule has 112 valence electrons. The Hall–Kier alpha value is -1.39.